The lowest BCUT2D eigenvalue weighted by atomic mass is 9.93. The highest BCUT2D eigenvalue weighted by Crippen LogP contribution is 2.27. The maximum absolute atomic E-state index is 4.91. The molecule has 8 nitrogen and oxygen atoms in total. The van der Waals surface area contributed by atoms with Gasteiger partial charge in [-0.15, -0.1) is 34.2 Å². The largest absolute Gasteiger partial charge is 0.356 e. The minimum absolute atomic E-state index is 0. The molecule has 0 aromatic carbocycles. The third kappa shape index (κ3) is 6.34. The molecule has 2 aromatic rings. The fraction of sp³-hybridized carbons (Fsp3) is 0.684. The van der Waals surface area contributed by atoms with E-state index < -0.39 is 0 Å². The first kappa shape index (κ1) is 24.0. The molecule has 29 heavy (non-hydrogen) atoms. The maximum Gasteiger partial charge on any atom is 0.194 e. The standard InChI is InChI=1S/C19H32N8S.HI/c1-15-6-9-26(13-17(15)27-10-8-20-14-27)19(21-7-5-11-28-4)22-12-18-24-23-16(2)25(18)3;/h8,10,14-15,17H,5-7,9,11-13H2,1-4H3,(H,21,22);1H. The van der Waals surface area contributed by atoms with Crippen LogP contribution < -0.4 is 5.32 Å². The van der Waals surface area contributed by atoms with Crippen molar-refractivity contribution in [3.63, 3.8) is 0 Å². The van der Waals surface area contributed by atoms with Crippen LogP contribution in [0.3, 0.4) is 0 Å². The van der Waals surface area contributed by atoms with Crippen molar-refractivity contribution in [2.24, 2.45) is 18.0 Å². The zero-order chi connectivity index (χ0) is 19.9. The third-order valence-electron chi connectivity index (χ3n) is 5.49. The summed E-state index contributed by atoms with van der Waals surface area (Å²) < 4.78 is 4.23. The van der Waals surface area contributed by atoms with Crippen LogP contribution in [0.25, 0.3) is 0 Å². The molecule has 1 N–H and O–H groups in total. The molecule has 3 heterocycles. The predicted octanol–water partition coefficient (Wildman–Crippen LogP) is 2.72. The lowest BCUT2D eigenvalue weighted by Gasteiger charge is -2.39. The first-order valence-electron chi connectivity index (χ1n) is 9.94. The maximum atomic E-state index is 4.91. The van der Waals surface area contributed by atoms with E-state index in [1.165, 1.54) is 0 Å². The lowest BCUT2D eigenvalue weighted by molar-refractivity contribution is 0.188. The topological polar surface area (TPSA) is 76.2 Å². The van der Waals surface area contributed by atoms with Gasteiger partial charge in [0.15, 0.2) is 11.8 Å². The number of aryl methyl sites for hydroxylation is 1. The Morgan fingerprint density at radius 1 is 1.38 bits per heavy atom. The number of aromatic nitrogens is 5. The molecule has 2 aromatic heterocycles. The van der Waals surface area contributed by atoms with Gasteiger partial charge in [-0.3, -0.25) is 0 Å². The molecular formula is C19H33IN8S. The van der Waals surface area contributed by atoms with Crippen LogP contribution in [-0.2, 0) is 13.6 Å². The molecule has 0 saturated carbocycles. The Balaban J connectivity index is 0.00000300. The van der Waals surface area contributed by atoms with E-state index in [9.17, 15) is 0 Å². The first-order chi connectivity index (χ1) is 13.6. The van der Waals surface area contributed by atoms with Crippen LogP contribution in [0, 0.1) is 12.8 Å². The highest BCUT2D eigenvalue weighted by Gasteiger charge is 2.29. The lowest BCUT2D eigenvalue weighted by Crippen LogP contribution is -2.49. The van der Waals surface area contributed by atoms with Crippen LogP contribution >= 0.6 is 35.7 Å². The number of rotatable bonds is 7. The van der Waals surface area contributed by atoms with Crippen molar-refractivity contribution < 1.29 is 0 Å². The molecule has 162 valence electrons. The molecule has 10 heteroatoms. The van der Waals surface area contributed by atoms with Crippen molar-refractivity contribution in [3.8, 4) is 0 Å². The third-order valence-corrected chi connectivity index (χ3v) is 6.18. The number of halogens is 1. The number of likely N-dealkylation sites (tertiary alicyclic amines) is 1. The van der Waals surface area contributed by atoms with Crippen LogP contribution in [0.2, 0.25) is 0 Å². The smallest absolute Gasteiger partial charge is 0.194 e. The van der Waals surface area contributed by atoms with E-state index >= 15 is 0 Å². The summed E-state index contributed by atoms with van der Waals surface area (Å²) in [5.41, 5.74) is 0. The Kier molecular flexibility index (Phi) is 9.73. The Bertz CT molecular complexity index is 760. The minimum atomic E-state index is 0. The highest BCUT2D eigenvalue weighted by molar-refractivity contribution is 14.0. The van der Waals surface area contributed by atoms with E-state index in [0.29, 0.717) is 18.5 Å². The van der Waals surface area contributed by atoms with Crippen molar-refractivity contribution in [1.82, 2.24) is 34.5 Å². The van der Waals surface area contributed by atoms with E-state index in [2.05, 4.69) is 49.3 Å². The summed E-state index contributed by atoms with van der Waals surface area (Å²) in [5.74, 6) is 4.53. The average molecular weight is 533 g/mol. The van der Waals surface area contributed by atoms with Gasteiger partial charge in [-0.05, 0) is 37.7 Å². The molecule has 3 rings (SSSR count). The molecule has 1 aliphatic heterocycles. The molecule has 1 saturated heterocycles. The van der Waals surface area contributed by atoms with Crippen molar-refractivity contribution in [3.05, 3.63) is 30.4 Å². The van der Waals surface area contributed by atoms with Gasteiger partial charge in [0, 0.05) is 39.1 Å². The van der Waals surface area contributed by atoms with Crippen molar-refractivity contribution in [2.45, 2.75) is 39.3 Å². The molecule has 0 aliphatic carbocycles. The second-order valence-corrected chi connectivity index (χ2v) is 8.41. The minimum Gasteiger partial charge on any atom is -0.356 e. The molecule has 0 radical (unpaired) electrons. The number of imidazole rings is 1. The normalized spacial score (nSPS) is 19.9. The monoisotopic (exact) mass is 532 g/mol. The van der Waals surface area contributed by atoms with Crippen molar-refractivity contribution in [1.29, 1.82) is 0 Å². The van der Waals surface area contributed by atoms with E-state index in [0.717, 1.165) is 55.8 Å². The Hall–Kier alpha value is -1.30. The SMILES string of the molecule is CSCCCNC(=NCc1nnc(C)n1C)N1CCC(C)C(n2ccnc2)C1.I. The van der Waals surface area contributed by atoms with Gasteiger partial charge in [0.05, 0.1) is 12.4 Å². The summed E-state index contributed by atoms with van der Waals surface area (Å²) in [4.78, 5) is 11.5. The molecule has 2 atom stereocenters. The quantitative estimate of drug-likeness (QED) is 0.256. The fourth-order valence-electron chi connectivity index (χ4n) is 3.51. The molecule has 0 amide bonds. The van der Waals surface area contributed by atoms with Gasteiger partial charge in [-0.1, -0.05) is 6.92 Å². The number of guanidine groups is 1. The number of nitrogens with zero attached hydrogens (tertiary/aromatic N) is 7. The van der Waals surface area contributed by atoms with Crippen molar-refractivity contribution in [2.75, 3.05) is 31.6 Å². The Morgan fingerprint density at radius 2 is 2.21 bits per heavy atom. The number of hydrogen-bond acceptors (Lipinski definition) is 5. The van der Waals surface area contributed by atoms with Crippen molar-refractivity contribution >= 4 is 41.7 Å². The average Bonchev–Trinajstić information content (AvgIpc) is 3.33. The zero-order valence-corrected chi connectivity index (χ0v) is 20.9. The fourth-order valence-corrected chi connectivity index (χ4v) is 3.95. The summed E-state index contributed by atoms with van der Waals surface area (Å²) >= 11 is 1.88. The predicted molar refractivity (Wildman–Crippen MR) is 130 cm³/mol. The number of nitrogens with one attached hydrogen (secondary N) is 1. The summed E-state index contributed by atoms with van der Waals surface area (Å²) in [6, 6.07) is 0.409. The van der Waals surface area contributed by atoms with Gasteiger partial charge in [-0.2, -0.15) is 11.8 Å². The van der Waals surface area contributed by atoms with E-state index in [1.807, 2.05) is 42.8 Å². The van der Waals surface area contributed by atoms with Crippen LogP contribution in [0.1, 0.15) is 37.5 Å². The van der Waals surface area contributed by atoms with E-state index in [-0.39, 0.29) is 24.0 Å². The number of piperidine rings is 1. The second kappa shape index (κ2) is 11.8. The molecule has 1 aliphatic rings. The van der Waals surface area contributed by atoms with Crippen LogP contribution in [-0.4, -0.2) is 66.8 Å². The first-order valence-corrected chi connectivity index (χ1v) is 11.3. The van der Waals surface area contributed by atoms with Gasteiger partial charge in [0.25, 0.3) is 0 Å². The molecule has 2 unspecified atom stereocenters. The second-order valence-electron chi connectivity index (χ2n) is 7.42. The van der Waals surface area contributed by atoms with E-state index in [4.69, 9.17) is 4.99 Å². The van der Waals surface area contributed by atoms with Crippen LogP contribution in [0.4, 0.5) is 0 Å². The van der Waals surface area contributed by atoms with Crippen LogP contribution in [0.15, 0.2) is 23.7 Å². The number of aliphatic imine (C=N–C) groups is 1. The molecule has 1 fully saturated rings. The molecular weight excluding hydrogens is 499 g/mol. The molecule has 0 spiro atoms. The van der Waals surface area contributed by atoms with Gasteiger partial charge in [0.1, 0.15) is 12.4 Å². The summed E-state index contributed by atoms with van der Waals surface area (Å²) in [6.45, 7) is 7.70. The van der Waals surface area contributed by atoms with Gasteiger partial charge in [0.2, 0.25) is 0 Å². The Labute approximate surface area is 195 Å². The number of thioether (sulfide) groups is 1. The Morgan fingerprint density at radius 3 is 2.86 bits per heavy atom. The van der Waals surface area contributed by atoms with Gasteiger partial charge in [-0.25, -0.2) is 9.98 Å². The van der Waals surface area contributed by atoms with Crippen LogP contribution in [0.5, 0.6) is 0 Å². The summed E-state index contributed by atoms with van der Waals surface area (Å²) in [7, 11) is 1.99. The van der Waals surface area contributed by atoms with Gasteiger partial charge >= 0.3 is 0 Å². The molecule has 0 bridgehead atoms. The van der Waals surface area contributed by atoms with Gasteiger partial charge < -0.3 is 19.4 Å². The highest BCUT2D eigenvalue weighted by atomic mass is 127. The number of hydrogen-bond donors (Lipinski definition) is 1. The zero-order valence-electron chi connectivity index (χ0n) is 17.8. The van der Waals surface area contributed by atoms with E-state index in [1.54, 1.807) is 0 Å². The summed E-state index contributed by atoms with van der Waals surface area (Å²) in [5, 5.41) is 12.0. The summed E-state index contributed by atoms with van der Waals surface area (Å²) in [6.07, 6.45) is 10.3.